The molecule has 0 spiro atoms. The van der Waals surface area contributed by atoms with Crippen LogP contribution in [0.15, 0.2) is 54.6 Å². The number of rotatable bonds is 10. The van der Waals surface area contributed by atoms with E-state index in [0.717, 1.165) is 5.56 Å². The molecule has 0 fully saturated rings. The fourth-order valence-corrected chi connectivity index (χ4v) is 3.65. The Hall–Kier alpha value is -4.38. The molecule has 0 aromatic heterocycles. The maximum Gasteiger partial charge on any atom is 0.373 e. The number of carbonyl (C=O) groups excluding carboxylic acids is 2. The summed E-state index contributed by atoms with van der Waals surface area (Å²) < 4.78 is 10.7. The second-order valence-electron chi connectivity index (χ2n) is 11.2. The maximum absolute atomic E-state index is 11.5. The third-order valence-corrected chi connectivity index (χ3v) is 5.21. The van der Waals surface area contributed by atoms with Crippen LogP contribution in [0, 0.1) is 6.92 Å². The molecule has 12 heteroatoms. The average Bonchev–Trinajstić information content (AvgIpc) is 2.84. The highest BCUT2D eigenvalue weighted by Crippen LogP contribution is 2.27. The molecule has 2 aromatic carbocycles. The van der Waals surface area contributed by atoms with E-state index in [0.29, 0.717) is 11.1 Å². The summed E-state index contributed by atoms with van der Waals surface area (Å²) in [6.07, 6.45) is -0.203. The summed E-state index contributed by atoms with van der Waals surface area (Å²) in [4.78, 5) is 62.1. The quantitative estimate of drug-likeness (QED) is 0.293. The van der Waals surface area contributed by atoms with Crippen LogP contribution in [-0.4, -0.2) is 72.9 Å². The van der Waals surface area contributed by atoms with Gasteiger partial charge in [0.25, 0.3) is 11.2 Å². The van der Waals surface area contributed by atoms with Crippen LogP contribution < -0.4 is 0 Å². The standard InChI is InChI=1S/C15H20O5.C14H18O5.CO2/c1-10-5-7-11(8-6-10)9-15(12(16)17,13(18)19)20-14(2,3)4;1-13(2,3)19-14(11(15)16,12(17)18)9-10-7-5-4-6-8-10;2-1-3/h5-8H,9H2,1-4H3,(H,16,17)(H,18,19);4-8H,9H2,1-3H3,(H,15,16)(H,17,18);. The van der Waals surface area contributed by atoms with E-state index in [1.165, 1.54) is 0 Å². The van der Waals surface area contributed by atoms with Crippen molar-refractivity contribution in [3.63, 3.8) is 0 Å². The molecule has 0 amide bonds. The smallest absolute Gasteiger partial charge is 0.373 e. The molecule has 4 N–H and O–H groups in total. The molecule has 2 rings (SSSR count). The van der Waals surface area contributed by atoms with Crippen LogP contribution in [0.4, 0.5) is 0 Å². The van der Waals surface area contributed by atoms with E-state index in [1.54, 1.807) is 96.1 Å². The van der Waals surface area contributed by atoms with Gasteiger partial charge in [-0.3, -0.25) is 0 Å². The van der Waals surface area contributed by atoms with E-state index in [2.05, 4.69) is 0 Å². The zero-order chi connectivity index (χ0) is 32.9. The summed E-state index contributed by atoms with van der Waals surface area (Å²) in [6, 6.07) is 15.6. The molecular formula is C30H38O12. The van der Waals surface area contributed by atoms with E-state index >= 15 is 0 Å². The number of hydrogen-bond donors (Lipinski definition) is 4. The number of carbonyl (C=O) groups is 4. The van der Waals surface area contributed by atoms with Gasteiger partial charge < -0.3 is 29.9 Å². The van der Waals surface area contributed by atoms with Gasteiger partial charge in [0.05, 0.1) is 11.2 Å². The Labute approximate surface area is 243 Å². The second kappa shape index (κ2) is 15.6. The minimum atomic E-state index is -2.28. The van der Waals surface area contributed by atoms with Crippen molar-refractivity contribution in [1.29, 1.82) is 0 Å². The minimum absolute atomic E-state index is 0.226. The Balaban J connectivity index is 0.000000732. The number of aryl methyl sites for hydroxylation is 1. The fraction of sp³-hybridized carbons (Fsp3) is 0.433. The predicted octanol–water partition coefficient (Wildman–Crippen LogP) is 3.63. The van der Waals surface area contributed by atoms with Crippen molar-refractivity contribution in [2.45, 2.75) is 83.7 Å². The molecule has 2 aromatic rings. The van der Waals surface area contributed by atoms with Gasteiger partial charge in [0, 0.05) is 12.8 Å². The van der Waals surface area contributed by atoms with Crippen LogP contribution in [0.25, 0.3) is 0 Å². The molecule has 0 radical (unpaired) electrons. The molecule has 0 saturated heterocycles. The van der Waals surface area contributed by atoms with Crippen LogP contribution in [0.3, 0.4) is 0 Å². The number of hydrogen-bond acceptors (Lipinski definition) is 8. The molecule has 12 nitrogen and oxygen atoms in total. The van der Waals surface area contributed by atoms with Gasteiger partial charge >= 0.3 is 30.0 Å². The predicted molar refractivity (Wildman–Crippen MR) is 148 cm³/mol. The molecule has 0 saturated carbocycles. The molecule has 0 atom stereocenters. The topological polar surface area (TPSA) is 202 Å². The molecule has 230 valence electrons. The van der Waals surface area contributed by atoms with Crippen LogP contribution in [-0.2, 0) is 51.1 Å². The second-order valence-corrected chi connectivity index (χ2v) is 11.2. The van der Waals surface area contributed by atoms with Crippen molar-refractivity contribution in [2.24, 2.45) is 0 Å². The minimum Gasteiger partial charge on any atom is -0.479 e. The van der Waals surface area contributed by atoms with E-state index in [4.69, 9.17) is 19.1 Å². The fourth-order valence-electron chi connectivity index (χ4n) is 3.65. The normalized spacial score (nSPS) is 11.5. The molecule has 0 heterocycles. The largest absolute Gasteiger partial charge is 0.479 e. The lowest BCUT2D eigenvalue weighted by atomic mass is 9.92. The van der Waals surface area contributed by atoms with Crippen molar-refractivity contribution < 1.29 is 58.7 Å². The zero-order valence-corrected chi connectivity index (χ0v) is 24.7. The average molecular weight is 591 g/mol. The summed E-state index contributed by atoms with van der Waals surface area (Å²) >= 11 is 0. The molecular weight excluding hydrogens is 552 g/mol. The highest BCUT2D eigenvalue weighted by molar-refractivity contribution is 6.03. The number of carboxylic acids is 4. The van der Waals surface area contributed by atoms with Gasteiger partial charge in [-0.2, -0.15) is 9.59 Å². The van der Waals surface area contributed by atoms with Gasteiger partial charge in [0.2, 0.25) is 0 Å². The Kier molecular flexibility index (Phi) is 13.9. The zero-order valence-electron chi connectivity index (χ0n) is 24.7. The van der Waals surface area contributed by atoms with Crippen LogP contribution in [0.1, 0.15) is 58.2 Å². The third kappa shape index (κ3) is 12.0. The monoisotopic (exact) mass is 590 g/mol. The molecule has 0 aliphatic rings. The summed E-state index contributed by atoms with van der Waals surface area (Å²) in [5.41, 5.74) is -4.12. The number of benzene rings is 2. The van der Waals surface area contributed by atoms with Crippen molar-refractivity contribution in [1.82, 2.24) is 0 Å². The Morgan fingerprint density at radius 3 is 1.14 bits per heavy atom. The first-order valence-corrected chi connectivity index (χ1v) is 12.6. The lowest BCUT2D eigenvalue weighted by molar-refractivity contribution is -0.200. The molecule has 0 bridgehead atoms. The van der Waals surface area contributed by atoms with Gasteiger partial charge in [0.1, 0.15) is 0 Å². The SMILES string of the molecule is CC(C)(C)OC(Cc1ccccc1)(C(=O)O)C(=O)O.Cc1ccc(CC(OC(C)(C)C)(C(=O)O)C(=O)O)cc1.O=C=O. The van der Waals surface area contributed by atoms with Gasteiger partial charge in [0.15, 0.2) is 0 Å². The summed E-state index contributed by atoms with van der Waals surface area (Å²) in [7, 11) is 0. The summed E-state index contributed by atoms with van der Waals surface area (Å²) in [5.74, 6) is -6.00. The number of ether oxygens (including phenoxy) is 2. The lowest BCUT2D eigenvalue weighted by Crippen LogP contribution is -2.54. The van der Waals surface area contributed by atoms with Gasteiger partial charge in [-0.25, -0.2) is 19.2 Å². The Morgan fingerprint density at radius 1 is 0.595 bits per heavy atom. The summed E-state index contributed by atoms with van der Waals surface area (Å²) in [6.45, 7) is 11.7. The van der Waals surface area contributed by atoms with Gasteiger partial charge in [-0.1, -0.05) is 60.2 Å². The number of aliphatic carboxylic acids is 4. The lowest BCUT2D eigenvalue weighted by Gasteiger charge is -2.32. The summed E-state index contributed by atoms with van der Waals surface area (Å²) in [5, 5.41) is 37.4. The Bertz CT molecular complexity index is 1200. The van der Waals surface area contributed by atoms with Crippen LogP contribution in [0.2, 0.25) is 0 Å². The highest BCUT2D eigenvalue weighted by Gasteiger charge is 2.51. The Morgan fingerprint density at radius 2 is 0.881 bits per heavy atom. The van der Waals surface area contributed by atoms with Crippen LogP contribution in [0.5, 0.6) is 0 Å². The van der Waals surface area contributed by atoms with E-state index < -0.39 is 46.3 Å². The first kappa shape index (κ1) is 37.6. The van der Waals surface area contributed by atoms with Crippen molar-refractivity contribution in [3.05, 3.63) is 71.3 Å². The first-order valence-electron chi connectivity index (χ1n) is 12.6. The van der Waals surface area contributed by atoms with E-state index in [-0.39, 0.29) is 19.0 Å². The number of carboxylic acid groups (broad SMARTS) is 4. The molecule has 0 aliphatic carbocycles. The molecule has 42 heavy (non-hydrogen) atoms. The van der Waals surface area contributed by atoms with Gasteiger partial charge in [-0.15, -0.1) is 0 Å². The third-order valence-electron chi connectivity index (χ3n) is 5.21. The maximum atomic E-state index is 11.5. The first-order chi connectivity index (χ1) is 19.2. The van der Waals surface area contributed by atoms with Gasteiger partial charge in [-0.05, 0) is 59.6 Å². The highest BCUT2D eigenvalue weighted by atomic mass is 16.6. The van der Waals surface area contributed by atoms with Crippen molar-refractivity contribution in [2.75, 3.05) is 0 Å². The molecule has 0 unspecified atom stereocenters. The molecule has 0 aliphatic heterocycles. The van der Waals surface area contributed by atoms with Crippen molar-refractivity contribution in [3.8, 4) is 0 Å². The van der Waals surface area contributed by atoms with E-state index in [9.17, 15) is 39.6 Å². The van der Waals surface area contributed by atoms with Crippen LogP contribution >= 0.6 is 0 Å². The van der Waals surface area contributed by atoms with E-state index in [1.807, 2.05) is 6.92 Å². The van der Waals surface area contributed by atoms with Crippen molar-refractivity contribution >= 4 is 30.0 Å².